The Balaban J connectivity index is 1.44. The molecule has 0 aliphatic rings. The smallest absolute Gasteiger partial charge is 0.319 e. The summed E-state index contributed by atoms with van der Waals surface area (Å²) >= 11 is 5.95. The van der Waals surface area contributed by atoms with Crippen LogP contribution >= 0.6 is 11.6 Å². The van der Waals surface area contributed by atoms with Crippen LogP contribution in [-0.4, -0.2) is 46.2 Å². The lowest BCUT2D eigenvalue weighted by atomic mass is 10.3. The van der Waals surface area contributed by atoms with Crippen molar-refractivity contribution in [2.45, 2.75) is 6.92 Å². The standard InChI is InChI=1S/C18H20ClN7O2/c1-12-7-10-26(25-12)17-6-5-16(23-24-17)20-8-9-21-18(27)22-14-11-13(19)3-4-15(14)28-2/h3-7,10-11H,8-9H2,1-2H3,(H,20,23)(H2,21,22,27). The first-order valence-corrected chi connectivity index (χ1v) is 8.91. The third kappa shape index (κ3) is 5.10. The summed E-state index contributed by atoms with van der Waals surface area (Å²) in [6.45, 7) is 2.77. The van der Waals surface area contributed by atoms with Gasteiger partial charge in [-0.1, -0.05) is 11.6 Å². The fraction of sp³-hybridized carbons (Fsp3) is 0.222. The number of aromatic nitrogens is 4. The van der Waals surface area contributed by atoms with E-state index in [9.17, 15) is 4.79 Å². The summed E-state index contributed by atoms with van der Waals surface area (Å²) in [4.78, 5) is 12.0. The van der Waals surface area contributed by atoms with Crippen molar-refractivity contribution in [3.05, 3.63) is 53.3 Å². The van der Waals surface area contributed by atoms with Crippen LogP contribution < -0.4 is 20.7 Å². The summed E-state index contributed by atoms with van der Waals surface area (Å²) in [6.07, 6.45) is 1.82. The summed E-state index contributed by atoms with van der Waals surface area (Å²) in [5.74, 6) is 1.76. The number of nitrogens with zero attached hydrogens (tertiary/aromatic N) is 4. The summed E-state index contributed by atoms with van der Waals surface area (Å²) in [5.41, 5.74) is 1.40. The zero-order valence-electron chi connectivity index (χ0n) is 15.4. The number of carbonyl (C=O) groups excluding carboxylic acids is 1. The molecule has 3 aromatic rings. The van der Waals surface area contributed by atoms with Crippen LogP contribution in [-0.2, 0) is 0 Å². The van der Waals surface area contributed by atoms with E-state index in [0.717, 1.165) is 5.69 Å². The van der Waals surface area contributed by atoms with Gasteiger partial charge in [0, 0.05) is 24.3 Å². The Labute approximate surface area is 167 Å². The lowest BCUT2D eigenvalue weighted by Gasteiger charge is -2.12. The molecule has 28 heavy (non-hydrogen) atoms. The van der Waals surface area contributed by atoms with Crippen LogP contribution in [0.4, 0.5) is 16.3 Å². The molecule has 0 spiro atoms. The van der Waals surface area contributed by atoms with Crippen molar-refractivity contribution in [3.8, 4) is 11.6 Å². The number of benzene rings is 1. The average Bonchev–Trinajstić information content (AvgIpc) is 3.12. The third-order valence-corrected chi connectivity index (χ3v) is 3.97. The Bertz CT molecular complexity index is 943. The summed E-state index contributed by atoms with van der Waals surface area (Å²) in [5, 5.41) is 21.5. The number of anilines is 2. The molecule has 0 bridgehead atoms. The molecule has 146 valence electrons. The Kier molecular flexibility index (Phi) is 6.28. The second kappa shape index (κ2) is 9.05. The van der Waals surface area contributed by atoms with E-state index in [1.165, 1.54) is 7.11 Å². The van der Waals surface area contributed by atoms with Crippen molar-refractivity contribution in [3.63, 3.8) is 0 Å². The molecule has 2 amide bonds. The van der Waals surface area contributed by atoms with E-state index in [1.807, 2.05) is 25.3 Å². The molecule has 2 heterocycles. The van der Waals surface area contributed by atoms with Crippen LogP contribution in [0.2, 0.25) is 5.02 Å². The van der Waals surface area contributed by atoms with Crippen molar-refractivity contribution in [1.82, 2.24) is 25.3 Å². The molecule has 0 atom stereocenters. The lowest BCUT2D eigenvalue weighted by Crippen LogP contribution is -2.32. The van der Waals surface area contributed by atoms with E-state index < -0.39 is 0 Å². The summed E-state index contributed by atoms with van der Waals surface area (Å²) in [7, 11) is 1.52. The van der Waals surface area contributed by atoms with Gasteiger partial charge in [-0.25, -0.2) is 9.48 Å². The number of amides is 2. The van der Waals surface area contributed by atoms with Crippen molar-refractivity contribution < 1.29 is 9.53 Å². The fourth-order valence-electron chi connectivity index (χ4n) is 2.40. The Morgan fingerprint density at radius 1 is 1.18 bits per heavy atom. The van der Waals surface area contributed by atoms with E-state index in [2.05, 4.69) is 31.2 Å². The first-order chi connectivity index (χ1) is 13.5. The molecule has 0 aliphatic carbocycles. The van der Waals surface area contributed by atoms with Gasteiger partial charge in [-0.3, -0.25) is 0 Å². The van der Waals surface area contributed by atoms with Gasteiger partial charge >= 0.3 is 6.03 Å². The molecule has 0 aliphatic heterocycles. The molecule has 9 nitrogen and oxygen atoms in total. The van der Waals surface area contributed by atoms with E-state index >= 15 is 0 Å². The molecule has 2 aromatic heterocycles. The van der Waals surface area contributed by atoms with Gasteiger partial charge in [0.15, 0.2) is 5.82 Å². The van der Waals surface area contributed by atoms with Crippen molar-refractivity contribution in [2.75, 3.05) is 30.8 Å². The van der Waals surface area contributed by atoms with Crippen molar-refractivity contribution >= 4 is 29.1 Å². The van der Waals surface area contributed by atoms with Crippen LogP contribution in [0, 0.1) is 6.92 Å². The molecule has 0 saturated carbocycles. The first-order valence-electron chi connectivity index (χ1n) is 8.54. The highest BCUT2D eigenvalue weighted by atomic mass is 35.5. The predicted octanol–water partition coefficient (Wildman–Crippen LogP) is 2.87. The second-order valence-corrected chi connectivity index (χ2v) is 6.27. The number of nitrogens with one attached hydrogen (secondary N) is 3. The van der Waals surface area contributed by atoms with Crippen molar-refractivity contribution in [2.24, 2.45) is 0 Å². The van der Waals surface area contributed by atoms with Crippen LogP contribution in [0.5, 0.6) is 5.75 Å². The van der Waals surface area contributed by atoms with Gasteiger partial charge in [0.25, 0.3) is 0 Å². The Morgan fingerprint density at radius 2 is 2.04 bits per heavy atom. The minimum Gasteiger partial charge on any atom is -0.495 e. The number of carbonyl (C=O) groups is 1. The van der Waals surface area contributed by atoms with Crippen molar-refractivity contribution in [1.29, 1.82) is 0 Å². The zero-order chi connectivity index (χ0) is 19.9. The number of halogens is 1. The number of aryl methyl sites for hydroxylation is 1. The molecule has 3 rings (SSSR count). The van der Waals surface area contributed by atoms with Gasteiger partial charge in [0.1, 0.15) is 11.6 Å². The van der Waals surface area contributed by atoms with Gasteiger partial charge < -0.3 is 20.7 Å². The molecule has 3 N–H and O–H groups in total. The highest BCUT2D eigenvalue weighted by Crippen LogP contribution is 2.27. The predicted molar refractivity (Wildman–Crippen MR) is 107 cm³/mol. The molecule has 0 radical (unpaired) electrons. The first kappa shape index (κ1) is 19.4. The van der Waals surface area contributed by atoms with E-state index in [1.54, 1.807) is 28.9 Å². The molecule has 1 aromatic carbocycles. The van der Waals surface area contributed by atoms with Crippen LogP contribution in [0.25, 0.3) is 5.82 Å². The van der Waals surface area contributed by atoms with E-state index in [4.69, 9.17) is 16.3 Å². The minimum absolute atomic E-state index is 0.363. The largest absolute Gasteiger partial charge is 0.495 e. The second-order valence-electron chi connectivity index (χ2n) is 5.83. The maximum Gasteiger partial charge on any atom is 0.319 e. The number of ether oxygens (including phenoxy) is 1. The summed E-state index contributed by atoms with van der Waals surface area (Å²) in [6, 6.07) is 10.1. The third-order valence-electron chi connectivity index (χ3n) is 3.73. The van der Waals surface area contributed by atoms with Crippen LogP contribution in [0.15, 0.2) is 42.6 Å². The average molecular weight is 402 g/mol. The summed E-state index contributed by atoms with van der Waals surface area (Å²) < 4.78 is 6.85. The van der Waals surface area contributed by atoms with Gasteiger partial charge in [0.05, 0.1) is 18.5 Å². The number of methoxy groups -OCH3 is 1. The molecule has 10 heteroatoms. The number of urea groups is 1. The van der Waals surface area contributed by atoms with Crippen LogP contribution in [0.1, 0.15) is 5.69 Å². The highest BCUT2D eigenvalue weighted by molar-refractivity contribution is 6.31. The molecular formula is C18H20ClN7O2. The maximum absolute atomic E-state index is 12.0. The molecule has 0 unspecified atom stereocenters. The normalized spacial score (nSPS) is 10.4. The lowest BCUT2D eigenvalue weighted by molar-refractivity contribution is 0.252. The monoisotopic (exact) mass is 401 g/mol. The zero-order valence-corrected chi connectivity index (χ0v) is 16.2. The SMILES string of the molecule is COc1ccc(Cl)cc1NC(=O)NCCNc1ccc(-n2ccc(C)n2)nn1. The van der Waals surface area contributed by atoms with Gasteiger partial charge in [0.2, 0.25) is 0 Å². The maximum atomic E-state index is 12.0. The Morgan fingerprint density at radius 3 is 2.71 bits per heavy atom. The van der Waals surface area contributed by atoms with E-state index in [0.29, 0.717) is 41.2 Å². The molecular weight excluding hydrogens is 382 g/mol. The van der Waals surface area contributed by atoms with Gasteiger partial charge in [-0.15, -0.1) is 10.2 Å². The molecule has 0 saturated heterocycles. The van der Waals surface area contributed by atoms with Crippen LogP contribution in [0.3, 0.4) is 0 Å². The quantitative estimate of drug-likeness (QED) is 0.525. The Hall–Kier alpha value is -3.33. The highest BCUT2D eigenvalue weighted by Gasteiger charge is 2.08. The van der Waals surface area contributed by atoms with E-state index in [-0.39, 0.29) is 6.03 Å². The molecule has 0 fully saturated rings. The van der Waals surface area contributed by atoms with Gasteiger partial charge in [-0.2, -0.15) is 5.10 Å². The fourth-order valence-corrected chi connectivity index (χ4v) is 2.57. The number of rotatable bonds is 7. The number of hydrogen-bond donors (Lipinski definition) is 3. The minimum atomic E-state index is -0.363. The number of hydrogen-bond acceptors (Lipinski definition) is 6. The topological polar surface area (TPSA) is 106 Å². The van der Waals surface area contributed by atoms with Gasteiger partial charge in [-0.05, 0) is 43.3 Å².